The number of pyridine rings is 1. The van der Waals surface area contributed by atoms with Crippen LogP contribution in [-0.2, 0) is 9.53 Å². The van der Waals surface area contributed by atoms with Gasteiger partial charge in [0.25, 0.3) is 5.91 Å². The number of phenols is 1. The first-order valence-corrected chi connectivity index (χ1v) is 9.47. The number of Topliss-reactive ketones (excluding diaryl/α,β-unsaturated/α-hetero) is 1. The van der Waals surface area contributed by atoms with Crippen LogP contribution in [0, 0.1) is 17.6 Å². The van der Waals surface area contributed by atoms with Crippen LogP contribution in [0.3, 0.4) is 0 Å². The number of ketones is 1. The molecule has 1 aliphatic heterocycles. The van der Waals surface area contributed by atoms with Crippen molar-refractivity contribution in [3.63, 3.8) is 0 Å². The SMILES string of the molecule is CC(=O)c1cc(NC(=O)[C@H]2O[C@](C)(C(F)(F)F)[C@H](C)[C@H]2c2ccc(F)c(F)c2O)ccn1. The van der Waals surface area contributed by atoms with Crippen LogP contribution in [0.2, 0.25) is 0 Å². The third-order valence-electron chi connectivity index (χ3n) is 5.77. The van der Waals surface area contributed by atoms with E-state index in [4.69, 9.17) is 4.74 Å². The zero-order chi connectivity index (χ0) is 24.0. The van der Waals surface area contributed by atoms with E-state index >= 15 is 0 Å². The number of nitrogens with one attached hydrogen (secondary N) is 1. The van der Waals surface area contributed by atoms with Crippen molar-refractivity contribution < 1.29 is 41.4 Å². The van der Waals surface area contributed by atoms with Gasteiger partial charge in [-0.05, 0) is 25.1 Å². The normalized spacial score (nSPS) is 25.6. The molecule has 0 bridgehead atoms. The molecule has 0 spiro atoms. The van der Waals surface area contributed by atoms with Gasteiger partial charge in [0.1, 0.15) is 11.8 Å². The number of ether oxygens (including phenoxy) is 1. The highest BCUT2D eigenvalue weighted by molar-refractivity contribution is 5.97. The third-order valence-corrected chi connectivity index (χ3v) is 5.77. The lowest BCUT2D eigenvalue weighted by Crippen LogP contribution is -2.47. The fourth-order valence-electron chi connectivity index (χ4n) is 3.76. The van der Waals surface area contributed by atoms with Gasteiger partial charge >= 0.3 is 6.18 Å². The number of phenolic OH excluding ortho intramolecular Hbond substituents is 1. The lowest BCUT2D eigenvalue weighted by atomic mass is 9.77. The van der Waals surface area contributed by atoms with Crippen LogP contribution in [0.5, 0.6) is 5.75 Å². The van der Waals surface area contributed by atoms with Gasteiger partial charge in [0.2, 0.25) is 5.82 Å². The van der Waals surface area contributed by atoms with Crippen molar-refractivity contribution in [1.29, 1.82) is 0 Å². The Morgan fingerprint density at radius 1 is 1.22 bits per heavy atom. The van der Waals surface area contributed by atoms with Crippen LogP contribution in [0.15, 0.2) is 30.5 Å². The number of carbonyl (C=O) groups excluding carboxylic acids is 2. The van der Waals surface area contributed by atoms with Crippen LogP contribution in [0.25, 0.3) is 0 Å². The second kappa shape index (κ2) is 8.12. The number of alkyl halides is 3. The van der Waals surface area contributed by atoms with Gasteiger partial charge in [-0.25, -0.2) is 4.39 Å². The average molecular weight is 458 g/mol. The average Bonchev–Trinajstić information content (AvgIpc) is 2.99. The topological polar surface area (TPSA) is 88.5 Å². The molecule has 1 aromatic heterocycles. The number of aromatic hydroxyl groups is 1. The van der Waals surface area contributed by atoms with Gasteiger partial charge in [0, 0.05) is 36.2 Å². The Morgan fingerprint density at radius 2 is 1.88 bits per heavy atom. The van der Waals surface area contributed by atoms with Crippen LogP contribution < -0.4 is 5.32 Å². The van der Waals surface area contributed by atoms with Gasteiger partial charge < -0.3 is 15.2 Å². The molecule has 0 radical (unpaired) electrons. The Balaban J connectivity index is 2.05. The highest BCUT2D eigenvalue weighted by atomic mass is 19.4. The van der Waals surface area contributed by atoms with E-state index in [0.29, 0.717) is 6.07 Å². The third kappa shape index (κ3) is 3.92. The number of amides is 1. The van der Waals surface area contributed by atoms with Crippen LogP contribution in [0.4, 0.5) is 27.6 Å². The minimum Gasteiger partial charge on any atom is -0.505 e. The molecule has 4 atom stereocenters. The molecular weight excluding hydrogens is 439 g/mol. The summed E-state index contributed by atoms with van der Waals surface area (Å²) in [5.74, 6) is -8.59. The van der Waals surface area contributed by atoms with Crippen molar-refractivity contribution >= 4 is 17.4 Å². The Hall–Kier alpha value is -3.08. The van der Waals surface area contributed by atoms with E-state index < -0.39 is 64.4 Å². The van der Waals surface area contributed by atoms with E-state index in [2.05, 4.69) is 10.3 Å². The van der Waals surface area contributed by atoms with E-state index in [0.717, 1.165) is 19.9 Å². The summed E-state index contributed by atoms with van der Waals surface area (Å²) in [6.07, 6.45) is -5.50. The number of halogens is 5. The van der Waals surface area contributed by atoms with Gasteiger partial charge in [-0.3, -0.25) is 14.6 Å². The molecule has 0 saturated carbocycles. The number of aromatic nitrogens is 1. The zero-order valence-corrected chi connectivity index (χ0v) is 17.1. The minimum atomic E-state index is -4.91. The Kier molecular flexibility index (Phi) is 5.98. The van der Waals surface area contributed by atoms with Gasteiger partial charge in [-0.1, -0.05) is 13.0 Å². The van der Waals surface area contributed by atoms with Crippen molar-refractivity contribution in [1.82, 2.24) is 4.98 Å². The molecular formula is C21H19F5N2O4. The lowest BCUT2D eigenvalue weighted by Gasteiger charge is -2.31. The predicted molar refractivity (Wildman–Crippen MR) is 102 cm³/mol. The van der Waals surface area contributed by atoms with Crippen LogP contribution in [0.1, 0.15) is 42.7 Å². The van der Waals surface area contributed by atoms with Crippen LogP contribution in [-0.4, -0.2) is 39.7 Å². The molecule has 2 heterocycles. The molecule has 3 rings (SSSR count). The molecule has 172 valence electrons. The first kappa shape index (κ1) is 23.6. The van der Waals surface area contributed by atoms with Gasteiger partial charge in [-0.15, -0.1) is 0 Å². The number of hydrogen-bond donors (Lipinski definition) is 2. The quantitative estimate of drug-likeness (QED) is 0.526. The Bertz CT molecular complexity index is 1070. The molecule has 1 aliphatic rings. The first-order valence-electron chi connectivity index (χ1n) is 9.47. The van der Waals surface area contributed by atoms with E-state index in [1.807, 2.05) is 0 Å². The summed E-state index contributed by atoms with van der Waals surface area (Å²) in [4.78, 5) is 28.3. The van der Waals surface area contributed by atoms with E-state index in [1.165, 1.54) is 25.3 Å². The standard InChI is InChI=1S/C21H19F5N2O4/c1-9-15(12-4-5-13(22)16(23)17(12)30)18(32-20(9,3)21(24,25)26)19(31)28-11-6-7-27-14(8-11)10(2)29/h4-9,15,18,30H,1-3H3,(H,27,28,31)/t9-,15+,18+,20+/m1/s1. The molecule has 1 aromatic carbocycles. The van der Waals surface area contributed by atoms with E-state index in [-0.39, 0.29) is 11.4 Å². The molecule has 6 nitrogen and oxygen atoms in total. The fraction of sp³-hybridized carbons (Fsp3) is 0.381. The lowest BCUT2D eigenvalue weighted by molar-refractivity contribution is -0.272. The van der Waals surface area contributed by atoms with Crippen LogP contribution >= 0.6 is 0 Å². The van der Waals surface area contributed by atoms with Crippen molar-refractivity contribution in [3.05, 3.63) is 53.4 Å². The molecule has 0 aliphatic carbocycles. The molecule has 2 aromatic rings. The number of nitrogens with zero attached hydrogens (tertiary/aromatic N) is 1. The second-order valence-electron chi connectivity index (χ2n) is 7.73. The highest BCUT2D eigenvalue weighted by Gasteiger charge is 2.65. The molecule has 1 saturated heterocycles. The highest BCUT2D eigenvalue weighted by Crippen LogP contribution is 2.54. The van der Waals surface area contributed by atoms with Crippen molar-refractivity contribution in [3.8, 4) is 5.75 Å². The van der Waals surface area contributed by atoms with Crippen molar-refractivity contribution in [2.24, 2.45) is 5.92 Å². The molecule has 11 heteroatoms. The smallest absolute Gasteiger partial charge is 0.417 e. The minimum absolute atomic E-state index is 0.0124. The van der Waals surface area contributed by atoms with E-state index in [9.17, 15) is 36.6 Å². The Labute approximate surface area is 179 Å². The largest absolute Gasteiger partial charge is 0.505 e. The van der Waals surface area contributed by atoms with Crippen molar-refractivity contribution in [2.45, 2.75) is 44.6 Å². The van der Waals surface area contributed by atoms with Gasteiger partial charge in [-0.2, -0.15) is 17.6 Å². The number of hydrogen-bond acceptors (Lipinski definition) is 5. The van der Waals surface area contributed by atoms with Crippen molar-refractivity contribution in [2.75, 3.05) is 5.32 Å². The summed E-state index contributed by atoms with van der Waals surface area (Å²) >= 11 is 0. The summed E-state index contributed by atoms with van der Waals surface area (Å²) < 4.78 is 74.1. The Morgan fingerprint density at radius 3 is 2.47 bits per heavy atom. The maximum absolute atomic E-state index is 14.0. The van der Waals surface area contributed by atoms with Gasteiger partial charge in [0.15, 0.2) is 23.0 Å². The monoisotopic (exact) mass is 458 g/mol. The molecule has 0 unspecified atom stereocenters. The summed E-state index contributed by atoms with van der Waals surface area (Å²) in [5, 5.41) is 12.4. The maximum Gasteiger partial charge on any atom is 0.417 e. The molecule has 1 fully saturated rings. The zero-order valence-electron chi connectivity index (χ0n) is 17.1. The maximum atomic E-state index is 14.0. The molecule has 2 N–H and O–H groups in total. The fourth-order valence-corrected chi connectivity index (χ4v) is 3.76. The summed E-state index contributed by atoms with van der Waals surface area (Å²) in [6.45, 7) is 3.13. The number of benzene rings is 1. The molecule has 1 amide bonds. The van der Waals surface area contributed by atoms with E-state index in [1.54, 1.807) is 0 Å². The predicted octanol–water partition coefficient (Wildman–Crippen LogP) is 4.35. The number of carbonyl (C=O) groups is 2. The summed E-state index contributed by atoms with van der Waals surface area (Å²) in [5.41, 5.74) is -3.14. The molecule has 32 heavy (non-hydrogen) atoms. The number of anilines is 1. The number of rotatable bonds is 4. The summed E-state index contributed by atoms with van der Waals surface area (Å²) in [7, 11) is 0. The second-order valence-corrected chi connectivity index (χ2v) is 7.73. The van der Waals surface area contributed by atoms with Gasteiger partial charge in [0.05, 0.1) is 0 Å². The summed E-state index contributed by atoms with van der Waals surface area (Å²) in [6, 6.07) is 4.11. The first-order chi connectivity index (χ1) is 14.8.